The minimum atomic E-state index is -0.301. The highest BCUT2D eigenvalue weighted by Crippen LogP contribution is 2.15. The number of primary amides is 1. The van der Waals surface area contributed by atoms with Crippen molar-refractivity contribution in [3.63, 3.8) is 0 Å². The number of morpholine rings is 1. The second-order valence-electron chi connectivity index (χ2n) is 3.87. The smallest absolute Gasteiger partial charge is 0.237 e. The van der Waals surface area contributed by atoms with E-state index in [9.17, 15) is 4.79 Å². The van der Waals surface area contributed by atoms with Crippen LogP contribution < -0.4 is 11.5 Å². The summed E-state index contributed by atoms with van der Waals surface area (Å²) in [5, 5.41) is 0. The Kier molecular flexibility index (Phi) is 5.01. The van der Waals surface area contributed by atoms with E-state index < -0.39 is 0 Å². The van der Waals surface area contributed by atoms with Crippen LogP contribution in [0, 0.1) is 0 Å². The highest BCUT2D eigenvalue weighted by molar-refractivity contribution is 5.80. The SMILES string of the molecule is CCC(CCN)N1CCOCC1C(N)=O. The Labute approximate surface area is 90.7 Å². The maximum atomic E-state index is 11.3. The summed E-state index contributed by atoms with van der Waals surface area (Å²) in [5.74, 6) is -0.301. The van der Waals surface area contributed by atoms with Gasteiger partial charge in [0.25, 0.3) is 0 Å². The molecule has 15 heavy (non-hydrogen) atoms. The molecular weight excluding hydrogens is 194 g/mol. The molecule has 0 spiro atoms. The lowest BCUT2D eigenvalue weighted by Crippen LogP contribution is -2.56. The zero-order valence-corrected chi connectivity index (χ0v) is 9.32. The van der Waals surface area contributed by atoms with Crippen molar-refractivity contribution in [3.8, 4) is 0 Å². The molecule has 1 saturated heterocycles. The number of hydrogen-bond donors (Lipinski definition) is 2. The molecule has 0 aromatic heterocycles. The molecule has 5 nitrogen and oxygen atoms in total. The van der Waals surface area contributed by atoms with Gasteiger partial charge in [0.2, 0.25) is 5.91 Å². The van der Waals surface area contributed by atoms with E-state index in [0.29, 0.717) is 25.8 Å². The van der Waals surface area contributed by atoms with Crippen LogP contribution >= 0.6 is 0 Å². The zero-order valence-electron chi connectivity index (χ0n) is 9.32. The van der Waals surface area contributed by atoms with Gasteiger partial charge in [0, 0.05) is 12.6 Å². The Morgan fingerprint density at radius 2 is 2.40 bits per heavy atom. The largest absolute Gasteiger partial charge is 0.378 e. The van der Waals surface area contributed by atoms with E-state index in [1.165, 1.54) is 0 Å². The van der Waals surface area contributed by atoms with Crippen LogP contribution in [-0.2, 0) is 9.53 Å². The second kappa shape index (κ2) is 6.05. The highest BCUT2D eigenvalue weighted by Gasteiger charge is 2.31. The maximum Gasteiger partial charge on any atom is 0.237 e. The van der Waals surface area contributed by atoms with Crippen molar-refractivity contribution in [2.45, 2.75) is 31.8 Å². The third-order valence-electron chi connectivity index (χ3n) is 2.94. The molecule has 1 aliphatic rings. The number of carbonyl (C=O) groups excluding carboxylic acids is 1. The lowest BCUT2D eigenvalue weighted by atomic mass is 10.1. The molecule has 5 heteroatoms. The van der Waals surface area contributed by atoms with Gasteiger partial charge in [-0.1, -0.05) is 6.92 Å². The van der Waals surface area contributed by atoms with Crippen LogP contribution in [0.25, 0.3) is 0 Å². The number of amides is 1. The van der Waals surface area contributed by atoms with Gasteiger partial charge < -0.3 is 16.2 Å². The third-order valence-corrected chi connectivity index (χ3v) is 2.94. The summed E-state index contributed by atoms with van der Waals surface area (Å²) >= 11 is 0. The fourth-order valence-electron chi connectivity index (χ4n) is 2.10. The maximum absolute atomic E-state index is 11.3. The van der Waals surface area contributed by atoms with Gasteiger partial charge in [-0.05, 0) is 19.4 Å². The van der Waals surface area contributed by atoms with Gasteiger partial charge in [0.05, 0.1) is 13.2 Å². The first-order valence-electron chi connectivity index (χ1n) is 5.53. The topological polar surface area (TPSA) is 81.6 Å². The molecule has 1 fully saturated rings. The molecule has 2 atom stereocenters. The number of nitrogens with zero attached hydrogens (tertiary/aromatic N) is 1. The molecule has 1 aliphatic heterocycles. The molecule has 0 aliphatic carbocycles. The van der Waals surface area contributed by atoms with E-state index in [1.807, 2.05) is 0 Å². The molecule has 0 radical (unpaired) electrons. The van der Waals surface area contributed by atoms with Gasteiger partial charge in [0.1, 0.15) is 6.04 Å². The van der Waals surface area contributed by atoms with Crippen LogP contribution in [0.1, 0.15) is 19.8 Å². The van der Waals surface area contributed by atoms with Crippen molar-refractivity contribution in [3.05, 3.63) is 0 Å². The number of nitrogens with two attached hydrogens (primary N) is 2. The average molecular weight is 215 g/mol. The average Bonchev–Trinajstić information content (AvgIpc) is 2.26. The lowest BCUT2D eigenvalue weighted by Gasteiger charge is -2.39. The molecule has 0 aromatic rings. The summed E-state index contributed by atoms with van der Waals surface area (Å²) < 4.78 is 5.27. The quantitative estimate of drug-likeness (QED) is 0.635. The summed E-state index contributed by atoms with van der Waals surface area (Å²) in [6.07, 6.45) is 1.89. The number of rotatable bonds is 5. The van der Waals surface area contributed by atoms with Crippen LogP contribution in [-0.4, -0.2) is 49.2 Å². The molecule has 0 aromatic carbocycles. The minimum absolute atomic E-state index is 0.282. The molecule has 1 amide bonds. The van der Waals surface area contributed by atoms with Crippen molar-refractivity contribution in [2.24, 2.45) is 11.5 Å². The monoisotopic (exact) mass is 215 g/mol. The van der Waals surface area contributed by atoms with Crippen molar-refractivity contribution in [1.29, 1.82) is 0 Å². The second-order valence-corrected chi connectivity index (χ2v) is 3.87. The fraction of sp³-hybridized carbons (Fsp3) is 0.900. The van der Waals surface area contributed by atoms with E-state index in [2.05, 4.69) is 11.8 Å². The van der Waals surface area contributed by atoms with E-state index in [0.717, 1.165) is 19.4 Å². The van der Waals surface area contributed by atoms with Crippen molar-refractivity contribution in [1.82, 2.24) is 4.90 Å². The van der Waals surface area contributed by atoms with Gasteiger partial charge in [-0.3, -0.25) is 9.69 Å². The van der Waals surface area contributed by atoms with Crippen molar-refractivity contribution >= 4 is 5.91 Å². The summed E-state index contributed by atoms with van der Waals surface area (Å²) in [6.45, 7) is 4.60. The highest BCUT2D eigenvalue weighted by atomic mass is 16.5. The van der Waals surface area contributed by atoms with E-state index in [-0.39, 0.29) is 11.9 Å². The van der Waals surface area contributed by atoms with Crippen molar-refractivity contribution in [2.75, 3.05) is 26.3 Å². The molecule has 1 rings (SSSR count). The Hall–Kier alpha value is -0.650. The molecular formula is C10H21N3O2. The lowest BCUT2D eigenvalue weighted by molar-refractivity contribution is -0.131. The first kappa shape index (κ1) is 12.4. The Balaban J connectivity index is 2.64. The number of hydrogen-bond acceptors (Lipinski definition) is 4. The normalized spacial score (nSPS) is 25.1. The number of ether oxygens (including phenoxy) is 1. The third kappa shape index (κ3) is 3.15. The Morgan fingerprint density at radius 1 is 1.67 bits per heavy atom. The van der Waals surface area contributed by atoms with Gasteiger partial charge in [0.15, 0.2) is 0 Å². The van der Waals surface area contributed by atoms with Gasteiger partial charge in [-0.2, -0.15) is 0 Å². The van der Waals surface area contributed by atoms with Crippen LogP contribution in [0.5, 0.6) is 0 Å². The Bertz CT molecular complexity index is 211. The van der Waals surface area contributed by atoms with Crippen molar-refractivity contribution < 1.29 is 9.53 Å². The van der Waals surface area contributed by atoms with Gasteiger partial charge >= 0.3 is 0 Å². The van der Waals surface area contributed by atoms with Crippen LogP contribution in [0.4, 0.5) is 0 Å². The molecule has 1 heterocycles. The van der Waals surface area contributed by atoms with Gasteiger partial charge in [-0.15, -0.1) is 0 Å². The standard InChI is InChI=1S/C10H21N3O2/c1-2-8(3-4-11)13-5-6-15-7-9(13)10(12)14/h8-9H,2-7,11H2,1H3,(H2,12,14). The molecule has 0 bridgehead atoms. The summed E-state index contributed by atoms with van der Waals surface area (Å²) in [7, 11) is 0. The molecule has 2 unspecified atom stereocenters. The summed E-state index contributed by atoms with van der Waals surface area (Å²) in [4.78, 5) is 13.4. The molecule has 88 valence electrons. The van der Waals surface area contributed by atoms with Crippen LogP contribution in [0.3, 0.4) is 0 Å². The van der Waals surface area contributed by atoms with E-state index in [1.54, 1.807) is 0 Å². The Morgan fingerprint density at radius 3 is 2.93 bits per heavy atom. The zero-order chi connectivity index (χ0) is 11.3. The fourth-order valence-corrected chi connectivity index (χ4v) is 2.10. The summed E-state index contributed by atoms with van der Waals surface area (Å²) in [5.41, 5.74) is 10.9. The summed E-state index contributed by atoms with van der Waals surface area (Å²) in [6, 6.07) is 0.0617. The minimum Gasteiger partial charge on any atom is -0.378 e. The van der Waals surface area contributed by atoms with E-state index >= 15 is 0 Å². The van der Waals surface area contributed by atoms with Gasteiger partial charge in [-0.25, -0.2) is 0 Å². The molecule has 4 N–H and O–H groups in total. The first-order chi connectivity index (χ1) is 7.20. The predicted octanol–water partition coefficient (Wildman–Crippen LogP) is -0.700. The number of carbonyl (C=O) groups is 1. The molecule has 0 saturated carbocycles. The van der Waals surface area contributed by atoms with Crippen LogP contribution in [0.2, 0.25) is 0 Å². The first-order valence-corrected chi connectivity index (χ1v) is 5.53. The van der Waals surface area contributed by atoms with E-state index in [4.69, 9.17) is 16.2 Å². The predicted molar refractivity (Wildman–Crippen MR) is 58.3 cm³/mol. The van der Waals surface area contributed by atoms with Crippen LogP contribution in [0.15, 0.2) is 0 Å².